The fourth-order valence-electron chi connectivity index (χ4n) is 2.88. The van der Waals surface area contributed by atoms with Gasteiger partial charge in [-0.1, -0.05) is 0 Å². The largest absolute Gasteiger partial charge is 0.381 e. The lowest BCUT2D eigenvalue weighted by Gasteiger charge is -2.39. The number of benzene rings is 1. The van der Waals surface area contributed by atoms with Gasteiger partial charge < -0.3 is 15.4 Å². The van der Waals surface area contributed by atoms with E-state index in [-0.39, 0.29) is 11.9 Å². The van der Waals surface area contributed by atoms with Crippen molar-refractivity contribution in [3.05, 3.63) is 30.1 Å². The van der Waals surface area contributed by atoms with Crippen LogP contribution >= 0.6 is 0 Å². The minimum Gasteiger partial charge on any atom is -0.381 e. The first-order chi connectivity index (χ1) is 9.26. The molecule has 1 aromatic carbocycles. The van der Waals surface area contributed by atoms with Crippen LogP contribution in [0.15, 0.2) is 24.3 Å². The number of ether oxygens (including phenoxy) is 1. The third kappa shape index (κ3) is 3.45. The minimum absolute atomic E-state index is 0.204. The number of halogens is 1. The number of rotatable bonds is 5. The molecule has 19 heavy (non-hydrogen) atoms. The predicted octanol–water partition coefficient (Wildman–Crippen LogP) is 2.41. The molecule has 0 radical (unpaired) electrons. The van der Waals surface area contributed by atoms with E-state index in [1.54, 1.807) is 0 Å². The van der Waals surface area contributed by atoms with Gasteiger partial charge in [-0.15, -0.1) is 0 Å². The molecule has 1 aliphatic heterocycles. The van der Waals surface area contributed by atoms with Gasteiger partial charge in [0.2, 0.25) is 0 Å². The van der Waals surface area contributed by atoms with Crippen molar-refractivity contribution in [2.45, 2.75) is 25.8 Å². The highest BCUT2D eigenvalue weighted by atomic mass is 19.1. The number of nitrogens with zero attached hydrogens (tertiary/aromatic N) is 1. The quantitative estimate of drug-likeness (QED) is 0.889. The van der Waals surface area contributed by atoms with Crippen LogP contribution in [-0.2, 0) is 4.74 Å². The summed E-state index contributed by atoms with van der Waals surface area (Å²) in [7, 11) is 0. The Bertz CT molecular complexity index is 376. The predicted molar refractivity (Wildman–Crippen MR) is 75.8 cm³/mol. The lowest BCUT2D eigenvalue weighted by atomic mass is 9.92. The third-order valence-electron chi connectivity index (χ3n) is 3.88. The molecule has 0 saturated carbocycles. The van der Waals surface area contributed by atoms with Crippen LogP contribution in [0.2, 0.25) is 0 Å². The zero-order valence-electron chi connectivity index (χ0n) is 11.5. The van der Waals surface area contributed by atoms with E-state index in [1.807, 2.05) is 12.1 Å². The average molecular weight is 266 g/mol. The molecular formula is C15H23FN2O. The molecule has 4 heteroatoms. The second-order valence-corrected chi connectivity index (χ2v) is 5.04. The molecule has 1 aromatic rings. The van der Waals surface area contributed by atoms with E-state index in [9.17, 15) is 4.39 Å². The molecule has 2 atom stereocenters. The average Bonchev–Trinajstić information content (AvgIpc) is 2.47. The van der Waals surface area contributed by atoms with E-state index in [1.165, 1.54) is 12.1 Å². The Morgan fingerprint density at radius 1 is 1.42 bits per heavy atom. The maximum absolute atomic E-state index is 13.0. The molecule has 2 N–H and O–H groups in total. The van der Waals surface area contributed by atoms with Crippen molar-refractivity contribution in [2.75, 3.05) is 31.2 Å². The second-order valence-electron chi connectivity index (χ2n) is 5.04. The lowest BCUT2D eigenvalue weighted by Crippen LogP contribution is -2.48. The maximum atomic E-state index is 13.0. The standard InChI is InChI=1S/C15H23FN2O/c1-2-18(14-7-5-13(16)6-8-14)15(10-17)12-4-3-9-19-11-12/h5-8,12,15H,2-4,9-11,17H2,1H3. The molecule has 1 fully saturated rings. The van der Waals surface area contributed by atoms with Crippen LogP contribution in [0.4, 0.5) is 10.1 Å². The van der Waals surface area contributed by atoms with E-state index < -0.39 is 0 Å². The Hall–Kier alpha value is -1.13. The first kappa shape index (κ1) is 14.3. The maximum Gasteiger partial charge on any atom is 0.123 e. The summed E-state index contributed by atoms with van der Waals surface area (Å²) < 4.78 is 18.6. The normalized spacial score (nSPS) is 21.1. The second kappa shape index (κ2) is 6.87. The van der Waals surface area contributed by atoms with Crippen LogP contribution in [-0.4, -0.2) is 32.3 Å². The molecular weight excluding hydrogens is 243 g/mol. The fourth-order valence-corrected chi connectivity index (χ4v) is 2.88. The van der Waals surface area contributed by atoms with Gasteiger partial charge in [0, 0.05) is 37.3 Å². The zero-order valence-corrected chi connectivity index (χ0v) is 11.5. The van der Waals surface area contributed by atoms with Gasteiger partial charge in [-0.05, 0) is 44.0 Å². The molecule has 3 nitrogen and oxygen atoms in total. The van der Waals surface area contributed by atoms with Crippen LogP contribution in [0.5, 0.6) is 0 Å². The Labute approximate surface area is 114 Å². The highest BCUT2D eigenvalue weighted by Gasteiger charge is 2.27. The SMILES string of the molecule is CCN(c1ccc(F)cc1)C(CN)C1CCCOC1. The highest BCUT2D eigenvalue weighted by molar-refractivity contribution is 5.47. The molecule has 2 unspecified atom stereocenters. The van der Waals surface area contributed by atoms with Crippen LogP contribution < -0.4 is 10.6 Å². The molecule has 0 bridgehead atoms. The molecule has 1 heterocycles. The van der Waals surface area contributed by atoms with Gasteiger partial charge >= 0.3 is 0 Å². The molecule has 0 aliphatic carbocycles. The van der Waals surface area contributed by atoms with Gasteiger partial charge in [-0.2, -0.15) is 0 Å². The summed E-state index contributed by atoms with van der Waals surface area (Å²) in [6.45, 7) is 5.20. The van der Waals surface area contributed by atoms with Gasteiger partial charge in [0.25, 0.3) is 0 Å². The van der Waals surface area contributed by atoms with E-state index in [0.29, 0.717) is 12.5 Å². The van der Waals surface area contributed by atoms with Crippen molar-refractivity contribution in [1.82, 2.24) is 0 Å². The van der Waals surface area contributed by atoms with Gasteiger partial charge in [0.05, 0.1) is 6.61 Å². The molecule has 0 amide bonds. The summed E-state index contributed by atoms with van der Waals surface area (Å²) in [5.41, 5.74) is 7.01. The summed E-state index contributed by atoms with van der Waals surface area (Å²) >= 11 is 0. The summed E-state index contributed by atoms with van der Waals surface area (Å²) in [4.78, 5) is 2.26. The van der Waals surface area contributed by atoms with E-state index in [0.717, 1.165) is 38.3 Å². The Morgan fingerprint density at radius 3 is 2.68 bits per heavy atom. The number of hydrogen-bond acceptors (Lipinski definition) is 3. The van der Waals surface area contributed by atoms with Crippen molar-refractivity contribution in [2.24, 2.45) is 11.7 Å². The third-order valence-corrected chi connectivity index (χ3v) is 3.88. The fraction of sp³-hybridized carbons (Fsp3) is 0.600. The highest BCUT2D eigenvalue weighted by Crippen LogP contribution is 2.25. The van der Waals surface area contributed by atoms with Crippen LogP contribution in [0.3, 0.4) is 0 Å². The number of anilines is 1. The molecule has 1 saturated heterocycles. The monoisotopic (exact) mass is 266 g/mol. The number of likely N-dealkylation sites (N-methyl/N-ethyl adjacent to an activating group) is 1. The van der Waals surface area contributed by atoms with Gasteiger partial charge in [-0.25, -0.2) is 4.39 Å². The zero-order chi connectivity index (χ0) is 13.7. The first-order valence-electron chi connectivity index (χ1n) is 7.06. The van der Waals surface area contributed by atoms with E-state index in [2.05, 4.69) is 11.8 Å². The smallest absolute Gasteiger partial charge is 0.123 e. The van der Waals surface area contributed by atoms with E-state index >= 15 is 0 Å². The Kier molecular flexibility index (Phi) is 5.16. The van der Waals surface area contributed by atoms with Crippen LogP contribution in [0, 0.1) is 11.7 Å². The topological polar surface area (TPSA) is 38.5 Å². The Morgan fingerprint density at radius 2 is 2.16 bits per heavy atom. The summed E-state index contributed by atoms with van der Waals surface area (Å²) in [6.07, 6.45) is 2.25. The van der Waals surface area contributed by atoms with E-state index in [4.69, 9.17) is 10.5 Å². The summed E-state index contributed by atoms with van der Waals surface area (Å²) in [6, 6.07) is 6.91. The van der Waals surface area contributed by atoms with Crippen molar-refractivity contribution >= 4 is 5.69 Å². The first-order valence-corrected chi connectivity index (χ1v) is 7.06. The summed E-state index contributed by atoms with van der Waals surface area (Å²) in [5.74, 6) is 0.258. The molecule has 2 rings (SSSR count). The van der Waals surface area contributed by atoms with Crippen molar-refractivity contribution in [1.29, 1.82) is 0 Å². The van der Waals surface area contributed by atoms with Crippen LogP contribution in [0.25, 0.3) is 0 Å². The number of nitrogens with two attached hydrogens (primary N) is 1. The lowest BCUT2D eigenvalue weighted by molar-refractivity contribution is 0.0448. The molecule has 1 aliphatic rings. The van der Waals surface area contributed by atoms with Crippen molar-refractivity contribution < 1.29 is 9.13 Å². The van der Waals surface area contributed by atoms with Crippen molar-refractivity contribution in [3.8, 4) is 0 Å². The molecule has 0 spiro atoms. The summed E-state index contributed by atoms with van der Waals surface area (Å²) in [5, 5.41) is 0. The van der Waals surface area contributed by atoms with Gasteiger partial charge in [0.1, 0.15) is 5.82 Å². The molecule has 0 aromatic heterocycles. The number of hydrogen-bond donors (Lipinski definition) is 1. The van der Waals surface area contributed by atoms with Crippen LogP contribution in [0.1, 0.15) is 19.8 Å². The van der Waals surface area contributed by atoms with Crippen molar-refractivity contribution in [3.63, 3.8) is 0 Å². The van der Waals surface area contributed by atoms with Gasteiger partial charge in [0.15, 0.2) is 0 Å². The minimum atomic E-state index is -0.204. The molecule has 106 valence electrons. The van der Waals surface area contributed by atoms with Gasteiger partial charge in [-0.3, -0.25) is 0 Å². The Balaban J connectivity index is 2.15.